The molecule has 0 spiro atoms. The van der Waals surface area contributed by atoms with E-state index in [4.69, 9.17) is 4.74 Å². The highest BCUT2D eigenvalue weighted by molar-refractivity contribution is 5.80. The van der Waals surface area contributed by atoms with Gasteiger partial charge in [-0.3, -0.25) is 0 Å². The fourth-order valence-electron chi connectivity index (χ4n) is 3.08. The SMILES string of the molecule is [Br-].[Br-].c1ccc2c[n+](CCOCC[n+]3ccc4ccccc4c3)ccc2c1. The molecule has 0 aliphatic carbocycles. The first kappa shape index (κ1) is 21.5. The van der Waals surface area contributed by atoms with Crippen LogP contribution in [0, 0.1) is 0 Å². The first-order chi connectivity index (χ1) is 12.4. The number of benzene rings is 2. The second-order valence-electron chi connectivity index (χ2n) is 6.24. The van der Waals surface area contributed by atoms with E-state index in [0.29, 0.717) is 0 Å². The number of aromatic nitrogens is 2. The smallest absolute Gasteiger partial charge is 0.176 e. The predicted molar refractivity (Wildman–Crippen MR) is 99.1 cm³/mol. The number of pyridine rings is 2. The van der Waals surface area contributed by atoms with Gasteiger partial charge in [-0.05, 0) is 22.9 Å². The molecule has 0 atom stereocenters. The normalized spacial score (nSPS) is 10.4. The van der Waals surface area contributed by atoms with Crippen molar-refractivity contribution in [2.24, 2.45) is 0 Å². The molecule has 0 radical (unpaired) electrons. The summed E-state index contributed by atoms with van der Waals surface area (Å²) in [5.41, 5.74) is 0. The van der Waals surface area contributed by atoms with Crippen LogP contribution in [0.25, 0.3) is 21.5 Å². The van der Waals surface area contributed by atoms with Gasteiger partial charge in [0.2, 0.25) is 0 Å². The summed E-state index contributed by atoms with van der Waals surface area (Å²) in [7, 11) is 0. The zero-order valence-corrected chi connectivity index (χ0v) is 18.1. The third-order valence-corrected chi connectivity index (χ3v) is 4.48. The highest BCUT2D eigenvalue weighted by Gasteiger charge is 2.05. The summed E-state index contributed by atoms with van der Waals surface area (Å²) in [5, 5.41) is 5.06. The Morgan fingerprint density at radius 2 is 0.963 bits per heavy atom. The van der Waals surface area contributed by atoms with Gasteiger partial charge in [0.15, 0.2) is 37.9 Å². The van der Waals surface area contributed by atoms with Crippen molar-refractivity contribution < 1.29 is 47.8 Å². The molecule has 0 N–H and O–H groups in total. The molecule has 5 heteroatoms. The zero-order chi connectivity index (χ0) is 16.9. The van der Waals surface area contributed by atoms with Gasteiger partial charge < -0.3 is 38.7 Å². The fraction of sp³-hybridized carbons (Fsp3) is 0.182. The van der Waals surface area contributed by atoms with E-state index in [1.807, 2.05) is 0 Å². The fourth-order valence-corrected chi connectivity index (χ4v) is 3.08. The first-order valence-electron chi connectivity index (χ1n) is 8.72. The van der Waals surface area contributed by atoms with Crippen molar-refractivity contribution >= 4 is 21.5 Å². The van der Waals surface area contributed by atoms with Gasteiger partial charge in [-0.2, -0.15) is 0 Å². The van der Waals surface area contributed by atoms with Crippen molar-refractivity contribution in [2.75, 3.05) is 13.2 Å². The molecule has 0 aliphatic heterocycles. The molecule has 0 unspecified atom stereocenters. The Morgan fingerprint density at radius 3 is 1.41 bits per heavy atom. The van der Waals surface area contributed by atoms with Gasteiger partial charge in [-0.15, -0.1) is 0 Å². The van der Waals surface area contributed by atoms with E-state index in [1.54, 1.807) is 0 Å². The summed E-state index contributed by atoms with van der Waals surface area (Å²) in [6.45, 7) is 3.18. The summed E-state index contributed by atoms with van der Waals surface area (Å²) >= 11 is 0. The number of fused-ring (bicyclic) bond motifs is 2. The lowest BCUT2D eigenvalue weighted by atomic mass is 10.2. The van der Waals surface area contributed by atoms with Crippen LogP contribution in [0.3, 0.4) is 0 Å². The molecule has 0 aliphatic rings. The van der Waals surface area contributed by atoms with Crippen LogP contribution in [-0.4, -0.2) is 13.2 Å². The van der Waals surface area contributed by atoms with Crippen LogP contribution in [0.5, 0.6) is 0 Å². The van der Waals surface area contributed by atoms with E-state index in [9.17, 15) is 0 Å². The molecule has 140 valence electrons. The first-order valence-corrected chi connectivity index (χ1v) is 8.72. The molecule has 4 aromatic rings. The lowest BCUT2D eigenvalue weighted by Crippen LogP contribution is -3.00. The van der Waals surface area contributed by atoms with Crippen LogP contribution in [0.2, 0.25) is 0 Å². The maximum atomic E-state index is 5.82. The molecule has 0 bridgehead atoms. The van der Waals surface area contributed by atoms with Gasteiger partial charge >= 0.3 is 0 Å². The zero-order valence-electron chi connectivity index (χ0n) is 15.0. The van der Waals surface area contributed by atoms with Crippen LogP contribution in [0.4, 0.5) is 0 Å². The quantitative estimate of drug-likeness (QED) is 0.213. The number of hydrogen-bond acceptors (Lipinski definition) is 1. The van der Waals surface area contributed by atoms with Gasteiger partial charge in [0.25, 0.3) is 0 Å². The topological polar surface area (TPSA) is 17.0 Å². The second-order valence-corrected chi connectivity index (χ2v) is 6.24. The molecule has 0 fully saturated rings. The molecule has 0 amide bonds. The molecule has 27 heavy (non-hydrogen) atoms. The minimum atomic E-state index is 0. The van der Waals surface area contributed by atoms with Crippen LogP contribution in [0.15, 0.2) is 85.5 Å². The Morgan fingerprint density at radius 1 is 0.556 bits per heavy atom. The summed E-state index contributed by atoms with van der Waals surface area (Å²) in [5.74, 6) is 0. The van der Waals surface area contributed by atoms with E-state index in [-0.39, 0.29) is 34.0 Å². The Bertz CT molecular complexity index is 926. The molecular formula is C22H22Br2N2O. The Kier molecular flexibility index (Phi) is 8.35. The maximum absolute atomic E-state index is 5.82. The molecular weight excluding hydrogens is 468 g/mol. The van der Waals surface area contributed by atoms with Crippen molar-refractivity contribution in [3.8, 4) is 0 Å². The van der Waals surface area contributed by atoms with E-state index in [2.05, 4.69) is 94.6 Å². The highest BCUT2D eigenvalue weighted by Crippen LogP contribution is 2.10. The minimum absolute atomic E-state index is 0. The number of nitrogens with zero attached hydrogens (tertiary/aromatic N) is 2. The van der Waals surface area contributed by atoms with E-state index < -0.39 is 0 Å². The third-order valence-electron chi connectivity index (χ3n) is 4.48. The van der Waals surface area contributed by atoms with E-state index in [0.717, 1.165) is 26.3 Å². The van der Waals surface area contributed by atoms with Crippen molar-refractivity contribution in [3.63, 3.8) is 0 Å². The highest BCUT2D eigenvalue weighted by atomic mass is 79.9. The Labute approximate surface area is 180 Å². The van der Waals surface area contributed by atoms with Crippen molar-refractivity contribution in [3.05, 3.63) is 85.5 Å². The largest absolute Gasteiger partial charge is 1.00 e. The molecule has 0 saturated heterocycles. The maximum Gasteiger partial charge on any atom is 0.176 e. The second kappa shape index (κ2) is 10.5. The summed E-state index contributed by atoms with van der Waals surface area (Å²) in [6, 6.07) is 21.1. The number of rotatable bonds is 6. The summed E-state index contributed by atoms with van der Waals surface area (Å²) in [4.78, 5) is 0. The van der Waals surface area contributed by atoms with Gasteiger partial charge in [0, 0.05) is 22.9 Å². The van der Waals surface area contributed by atoms with Gasteiger partial charge in [-0.1, -0.05) is 36.4 Å². The molecule has 4 rings (SSSR count). The van der Waals surface area contributed by atoms with Crippen LogP contribution in [0.1, 0.15) is 0 Å². The van der Waals surface area contributed by atoms with Crippen LogP contribution >= 0.6 is 0 Å². The monoisotopic (exact) mass is 488 g/mol. The summed E-state index contributed by atoms with van der Waals surface area (Å²) < 4.78 is 10.2. The molecule has 2 heterocycles. The lowest BCUT2D eigenvalue weighted by Gasteiger charge is -2.02. The van der Waals surface area contributed by atoms with E-state index >= 15 is 0 Å². The number of hydrogen-bond donors (Lipinski definition) is 0. The Balaban J connectivity index is 0.00000131. The van der Waals surface area contributed by atoms with Crippen molar-refractivity contribution in [1.29, 1.82) is 0 Å². The van der Waals surface area contributed by atoms with Gasteiger partial charge in [-0.25, -0.2) is 9.13 Å². The third kappa shape index (κ3) is 5.58. The number of ether oxygens (including phenoxy) is 1. The molecule has 0 saturated carbocycles. The average molecular weight is 490 g/mol. The van der Waals surface area contributed by atoms with E-state index in [1.165, 1.54) is 21.5 Å². The lowest BCUT2D eigenvalue weighted by molar-refractivity contribution is -0.704. The van der Waals surface area contributed by atoms with Gasteiger partial charge in [0.05, 0.1) is 0 Å². The summed E-state index contributed by atoms with van der Waals surface area (Å²) in [6.07, 6.45) is 8.58. The molecule has 2 aromatic carbocycles. The molecule has 3 nitrogen and oxygen atoms in total. The average Bonchev–Trinajstić information content (AvgIpc) is 2.67. The van der Waals surface area contributed by atoms with Gasteiger partial charge in [0.1, 0.15) is 13.2 Å². The Hall–Kier alpha value is -1.82. The number of halogens is 2. The van der Waals surface area contributed by atoms with Crippen LogP contribution in [-0.2, 0) is 17.8 Å². The van der Waals surface area contributed by atoms with Crippen molar-refractivity contribution in [1.82, 2.24) is 0 Å². The molecule has 2 aromatic heterocycles. The minimum Gasteiger partial charge on any atom is -1.00 e. The standard InChI is InChI=1S/C22H22N2O.2BrH/c1-3-7-21-17-23(11-9-19(21)5-1)13-15-25-16-14-24-12-10-20-6-2-4-8-22(20)18-24;;/h1-12,17-18H,13-16H2;2*1H/q+2;;/p-2. The van der Waals surface area contributed by atoms with Crippen LogP contribution < -0.4 is 43.1 Å². The predicted octanol–water partition coefficient (Wildman–Crippen LogP) is -2.71. The van der Waals surface area contributed by atoms with Crippen molar-refractivity contribution in [2.45, 2.75) is 13.1 Å².